The SMILES string of the molecule is CCCCCCCCCCCCSc1ncc[nH]1. The van der Waals surface area contributed by atoms with Crippen LogP contribution in [-0.2, 0) is 0 Å². The molecule has 1 N–H and O–H groups in total. The number of nitrogens with zero attached hydrogens (tertiary/aromatic N) is 1. The van der Waals surface area contributed by atoms with E-state index in [0.29, 0.717) is 0 Å². The van der Waals surface area contributed by atoms with E-state index in [2.05, 4.69) is 16.9 Å². The van der Waals surface area contributed by atoms with Gasteiger partial charge in [-0.3, -0.25) is 0 Å². The number of H-pyrrole nitrogens is 1. The average Bonchev–Trinajstić information content (AvgIpc) is 2.89. The molecule has 3 heteroatoms. The van der Waals surface area contributed by atoms with Gasteiger partial charge in [0.2, 0.25) is 0 Å². The molecule has 104 valence electrons. The molecule has 1 aromatic heterocycles. The van der Waals surface area contributed by atoms with Crippen molar-refractivity contribution in [1.29, 1.82) is 0 Å². The van der Waals surface area contributed by atoms with Crippen LogP contribution >= 0.6 is 11.8 Å². The standard InChI is InChI=1S/C15H28N2S/c1-2-3-4-5-6-7-8-9-10-11-14-18-15-16-12-13-17-15/h12-13H,2-11,14H2,1H3,(H,16,17). The van der Waals surface area contributed by atoms with Gasteiger partial charge in [-0.1, -0.05) is 76.5 Å². The molecule has 0 aliphatic rings. The van der Waals surface area contributed by atoms with Gasteiger partial charge in [0.15, 0.2) is 5.16 Å². The number of hydrogen-bond acceptors (Lipinski definition) is 2. The molecular weight excluding hydrogens is 240 g/mol. The lowest BCUT2D eigenvalue weighted by Crippen LogP contribution is -1.84. The van der Waals surface area contributed by atoms with Gasteiger partial charge in [0.25, 0.3) is 0 Å². The maximum Gasteiger partial charge on any atom is 0.165 e. The Bertz CT molecular complexity index is 259. The lowest BCUT2D eigenvalue weighted by atomic mass is 10.1. The highest BCUT2D eigenvalue weighted by molar-refractivity contribution is 7.99. The normalized spacial score (nSPS) is 10.9. The van der Waals surface area contributed by atoms with Crippen molar-refractivity contribution in [2.75, 3.05) is 5.75 Å². The molecule has 2 nitrogen and oxygen atoms in total. The summed E-state index contributed by atoms with van der Waals surface area (Å²) in [6.45, 7) is 2.28. The van der Waals surface area contributed by atoms with Crippen LogP contribution in [0.25, 0.3) is 0 Å². The third-order valence-electron chi connectivity index (χ3n) is 3.21. The molecular formula is C15H28N2S. The van der Waals surface area contributed by atoms with Crippen LogP contribution < -0.4 is 0 Å². The fourth-order valence-corrected chi connectivity index (χ4v) is 2.92. The van der Waals surface area contributed by atoms with Crippen LogP contribution in [0.5, 0.6) is 0 Å². The Morgan fingerprint density at radius 2 is 1.56 bits per heavy atom. The summed E-state index contributed by atoms with van der Waals surface area (Å²) in [5.74, 6) is 1.20. The molecule has 18 heavy (non-hydrogen) atoms. The monoisotopic (exact) mass is 268 g/mol. The number of aromatic nitrogens is 2. The largest absolute Gasteiger partial charge is 0.340 e. The smallest absolute Gasteiger partial charge is 0.165 e. The molecule has 0 radical (unpaired) electrons. The van der Waals surface area contributed by atoms with Crippen LogP contribution in [0.1, 0.15) is 71.1 Å². The van der Waals surface area contributed by atoms with Gasteiger partial charge < -0.3 is 4.98 Å². The first-order valence-corrected chi connectivity index (χ1v) is 8.54. The fourth-order valence-electron chi connectivity index (χ4n) is 2.09. The first-order valence-electron chi connectivity index (χ1n) is 7.55. The minimum Gasteiger partial charge on any atom is -0.340 e. The second-order valence-corrected chi connectivity index (χ2v) is 6.01. The first-order chi connectivity index (χ1) is 8.93. The molecule has 1 rings (SSSR count). The third kappa shape index (κ3) is 8.62. The Labute approximate surface area is 116 Å². The fraction of sp³-hybridized carbons (Fsp3) is 0.800. The van der Waals surface area contributed by atoms with Crippen LogP contribution in [0.4, 0.5) is 0 Å². The van der Waals surface area contributed by atoms with Crippen LogP contribution in [0, 0.1) is 0 Å². The lowest BCUT2D eigenvalue weighted by Gasteiger charge is -2.01. The molecule has 0 aliphatic carbocycles. The third-order valence-corrected chi connectivity index (χ3v) is 4.20. The van der Waals surface area contributed by atoms with Gasteiger partial charge in [0.05, 0.1) is 0 Å². The summed E-state index contributed by atoms with van der Waals surface area (Å²) in [6, 6.07) is 0. The highest BCUT2D eigenvalue weighted by Gasteiger charge is 1.96. The highest BCUT2D eigenvalue weighted by atomic mass is 32.2. The van der Waals surface area contributed by atoms with E-state index in [9.17, 15) is 0 Å². The number of hydrogen-bond donors (Lipinski definition) is 1. The molecule has 0 bridgehead atoms. The molecule has 0 spiro atoms. The van der Waals surface area contributed by atoms with E-state index in [4.69, 9.17) is 0 Å². The molecule has 0 aromatic carbocycles. The maximum absolute atomic E-state index is 4.21. The number of imidazole rings is 1. The van der Waals surface area contributed by atoms with Crippen molar-refractivity contribution in [3.63, 3.8) is 0 Å². The number of aromatic amines is 1. The van der Waals surface area contributed by atoms with Gasteiger partial charge in [0.1, 0.15) is 0 Å². The second-order valence-electron chi connectivity index (χ2n) is 4.92. The Balaban J connectivity index is 1.73. The Morgan fingerprint density at radius 1 is 0.944 bits per heavy atom. The molecule has 0 atom stereocenters. The van der Waals surface area contributed by atoms with Gasteiger partial charge in [-0.2, -0.15) is 0 Å². The number of nitrogens with one attached hydrogen (secondary N) is 1. The summed E-state index contributed by atoms with van der Waals surface area (Å²) in [4.78, 5) is 7.33. The minimum atomic E-state index is 1.06. The second kappa shape index (κ2) is 11.6. The van der Waals surface area contributed by atoms with Crippen molar-refractivity contribution in [2.45, 2.75) is 76.3 Å². The Hall–Kier alpha value is -0.440. The Kier molecular flexibility index (Phi) is 10.1. The summed E-state index contributed by atoms with van der Waals surface area (Å²) in [7, 11) is 0. The maximum atomic E-state index is 4.21. The quantitative estimate of drug-likeness (QED) is 0.405. The highest BCUT2D eigenvalue weighted by Crippen LogP contribution is 2.16. The van der Waals surface area contributed by atoms with E-state index in [-0.39, 0.29) is 0 Å². The lowest BCUT2D eigenvalue weighted by molar-refractivity contribution is 0.563. The zero-order valence-corrected chi connectivity index (χ0v) is 12.6. The van der Waals surface area contributed by atoms with E-state index in [1.54, 1.807) is 0 Å². The number of rotatable bonds is 12. The molecule has 1 heterocycles. The first kappa shape index (κ1) is 15.6. The van der Waals surface area contributed by atoms with Gasteiger partial charge in [-0.15, -0.1) is 0 Å². The number of unbranched alkanes of at least 4 members (excludes halogenated alkanes) is 9. The van der Waals surface area contributed by atoms with Crippen LogP contribution in [0.15, 0.2) is 17.6 Å². The van der Waals surface area contributed by atoms with Crippen LogP contribution in [-0.4, -0.2) is 15.7 Å². The van der Waals surface area contributed by atoms with Crippen molar-refractivity contribution in [1.82, 2.24) is 9.97 Å². The molecule has 1 aromatic rings. The summed E-state index contributed by atoms with van der Waals surface area (Å²) in [5, 5.41) is 1.06. The van der Waals surface area contributed by atoms with Crippen molar-refractivity contribution in [2.24, 2.45) is 0 Å². The molecule has 0 saturated heterocycles. The predicted octanol–water partition coefficient (Wildman–Crippen LogP) is 5.42. The van der Waals surface area contributed by atoms with Crippen LogP contribution in [0.3, 0.4) is 0 Å². The van der Waals surface area contributed by atoms with E-state index in [0.717, 1.165) is 5.16 Å². The Morgan fingerprint density at radius 3 is 2.11 bits per heavy atom. The zero-order valence-electron chi connectivity index (χ0n) is 11.8. The van der Waals surface area contributed by atoms with E-state index >= 15 is 0 Å². The molecule has 0 unspecified atom stereocenters. The zero-order chi connectivity index (χ0) is 12.9. The van der Waals surface area contributed by atoms with Gasteiger partial charge in [-0.25, -0.2) is 4.98 Å². The minimum absolute atomic E-state index is 1.06. The summed E-state index contributed by atoms with van der Waals surface area (Å²) in [5.41, 5.74) is 0. The molecule has 0 aliphatic heterocycles. The molecule has 0 amide bonds. The van der Waals surface area contributed by atoms with Gasteiger partial charge >= 0.3 is 0 Å². The van der Waals surface area contributed by atoms with Crippen molar-refractivity contribution in [3.05, 3.63) is 12.4 Å². The van der Waals surface area contributed by atoms with E-state index < -0.39 is 0 Å². The summed E-state index contributed by atoms with van der Waals surface area (Å²) in [6.07, 6.45) is 17.8. The van der Waals surface area contributed by atoms with Crippen molar-refractivity contribution >= 4 is 11.8 Å². The topological polar surface area (TPSA) is 28.7 Å². The van der Waals surface area contributed by atoms with Crippen LogP contribution in [0.2, 0.25) is 0 Å². The predicted molar refractivity (Wildman–Crippen MR) is 81.2 cm³/mol. The van der Waals surface area contributed by atoms with Gasteiger partial charge in [-0.05, 0) is 6.42 Å². The average molecular weight is 268 g/mol. The number of thioether (sulfide) groups is 1. The molecule has 0 saturated carbocycles. The van der Waals surface area contributed by atoms with Gasteiger partial charge in [0, 0.05) is 18.1 Å². The van der Waals surface area contributed by atoms with Crippen molar-refractivity contribution in [3.8, 4) is 0 Å². The van der Waals surface area contributed by atoms with E-state index in [1.165, 1.54) is 70.0 Å². The molecule has 0 fully saturated rings. The van der Waals surface area contributed by atoms with Crippen molar-refractivity contribution < 1.29 is 0 Å². The summed E-state index contributed by atoms with van der Waals surface area (Å²) < 4.78 is 0. The van der Waals surface area contributed by atoms with E-state index in [1.807, 2.05) is 24.2 Å². The summed E-state index contributed by atoms with van der Waals surface area (Å²) >= 11 is 1.84.